The van der Waals surface area contributed by atoms with Gasteiger partial charge in [0, 0.05) is 18.2 Å². The number of anilines is 1. The SMILES string of the molecule is Cc1ccc(NC(=O)c2ccccc2C#CCCO)nc1. The summed E-state index contributed by atoms with van der Waals surface area (Å²) < 4.78 is 0. The highest BCUT2D eigenvalue weighted by molar-refractivity contribution is 6.05. The smallest absolute Gasteiger partial charge is 0.258 e. The first-order chi connectivity index (χ1) is 10.2. The molecule has 0 fully saturated rings. The molecule has 4 nitrogen and oxygen atoms in total. The van der Waals surface area contributed by atoms with Crippen molar-refractivity contribution in [2.75, 3.05) is 11.9 Å². The molecule has 2 rings (SSSR count). The van der Waals surface area contributed by atoms with Crippen LogP contribution in [0.5, 0.6) is 0 Å². The van der Waals surface area contributed by atoms with Gasteiger partial charge in [0.25, 0.3) is 5.91 Å². The molecule has 4 heteroatoms. The minimum Gasteiger partial charge on any atom is -0.395 e. The number of aromatic nitrogens is 1. The van der Waals surface area contributed by atoms with Gasteiger partial charge in [-0.2, -0.15) is 0 Å². The van der Waals surface area contributed by atoms with E-state index in [-0.39, 0.29) is 12.5 Å². The molecule has 1 amide bonds. The van der Waals surface area contributed by atoms with Gasteiger partial charge in [0.1, 0.15) is 5.82 Å². The number of aliphatic hydroxyl groups excluding tert-OH is 1. The van der Waals surface area contributed by atoms with Crippen molar-refractivity contribution in [3.05, 3.63) is 59.3 Å². The first-order valence-electron chi connectivity index (χ1n) is 6.63. The van der Waals surface area contributed by atoms with Crippen LogP contribution in [0, 0.1) is 18.8 Å². The zero-order chi connectivity index (χ0) is 15.1. The quantitative estimate of drug-likeness (QED) is 0.849. The van der Waals surface area contributed by atoms with Crippen molar-refractivity contribution >= 4 is 11.7 Å². The van der Waals surface area contributed by atoms with E-state index in [1.807, 2.05) is 19.1 Å². The third kappa shape index (κ3) is 4.16. The van der Waals surface area contributed by atoms with E-state index in [1.54, 1.807) is 30.5 Å². The first kappa shape index (κ1) is 14.8. The third-order valence-corrected chi connectivity index (χ3v) is 2.78. The van der Waals surface area contributed by atoms with Crippen molar-refractivity contribution in [3.8, 4) is 11.8 Å². The van der Waals surface area contributed by atoms with Crippen LogP contribution in [-0.2, 0) is 0 Å². The van der Waals surface area contributed by atoms with Gasteiger partial charge in [0.15, 0.2) is 0 Å². The minimum atomic E-state index is -0.250. The molecule has 0 radical (unpaired) electrons. The van der Waals surface area contributed by atoms with Gasteiger partial charge in [-0.3, -0.25) is 4.79 Å². The van der Waals surface area contributed by atoms with Gasteiger partial charge in [-0.15, -0.1) is 0 Å². The van der Waals surface area contributed by atoms with E-state index in [2.05, 4.69) is 22.1 Å². The lowest BCUT2D eigenvalue weighted by Gasteiger charge is -2.06. The number of benzene rings is 1. The first-order valence-corrected chi connectivity index (χ1v) is 6.63. The summed E-state index contributed by atoms with van der Waals surface area (Å²) in [6.07, 6.45) is 2.08. The fourth-order valence-corrected chi connectivity index (χ4v) is 1.73. The van der Waals surface area contributed by atoms with Gasteiger partial charge in [-0.05, 0) is 30.7 Å². The highest BCUT2D eigenvalue weighted by atomic mass is 16.2. The Morgan fingerprint density at radius 1 is 1.29 bits per heavy atom. The number of carbonyl (C=O) groups is 1. The standard InChI is InChI=1S/C17H16N2O2/c1-13-9-10-16(18-12-13)19-17(21)15-8-3-2-6-14(15)7-4-5-11-20/h2-3,6,8-10,12,20H,5,11H2,1H3,(H,18,19,21). The maximum Gasteiger partial charge on any atom is 0.258 e. The van der Waals surface area contributed by atoms with Crippen LogP contribution in [0.15, 0.2) is 42.6 Å². The molecule has 0 aliphatic carbocycles. The largest absolute Gasteiger partial charge is 0.395 e. The van der Waals surface area contributed by atoms with Crippen molar-refractivity contribution in [1.82, 2.24) is 4.98 Å². The molecule has 0 saturated carbocycles. The van der Waals surface area contributed by atoms with Crippen LogP contribution in [0.25, 0.3) is 0 Å². The number of amides is 1. The molecular formula is C17H16N2O2. The summed E-state index contributed by atoms with van der Waals surface area (Å²) in [7, 11) is 0. The second-order valence-electron chi connectivity index (χ2n) is 4.50. The van der Waals surface area contributed by atoms with Crippen LogP contribution >= 0.6 is 0 Å². The zero-order valence-electron chi connectivity index (χ0n) is 11.8. The number of pyridine rings is 1. The van der Waals surface area contributed by atoms with Crippen LogP contribution in [-0.4, -0.2) is 22.6 Å². The van der Waals surface area contributed by atoms with Gasteiger partial charge in [-0.1, -0.05) is 30.0 Å². The fourth-order valence-electron chi connectivity index (χ4n) is 1.73. The molecule has 2 N–H and O–H groups in total. The number of hydrogen-bond donors (Lipinski definition) is 2. The molecule has 0 unspecified atom stereocenters. The molecule has 1 aromatic carbocycles. The Morgan fingerprint density at radius 3 is 2.81 bits per heavy atom. The van der Waals surface area contributed by atoms with Crippen molar-refractivity contribution in [2.24, 2.45) is 0 Å². The van der Waals surface area contributed by atoms with E-state index in [9.17, 15) is 4.79 Å². The Bertz CT molecular complexity index is 682. The summed E-state index contributed by atoms with van der Waals surface area (Å²) in [6, 6.07) is 10.7. The maximum atomic E-state index is 12.3. The van der Waals surface area contributed by atoms with Gasteiger partial charge in [0.2, 0.25) is 0 Å². The average molecular weight is 280 g/mol. The van der Waals surface area contributed by atoms with Crippen molar-refractivity contribution in [3.63, 3.8) is 0 Å². The van der Waals surface area contributed by atoms with E-state index < -0.39 is 0 Å². The molecule has 0 aliphatic heterocycles. The van der Waals surface area contributed by atoms with Gasteiger partial charge < -0.3 is 10.4 Å². The molecule has 0 bridgehead atoms. The lowest BCUT2D eigenvalue weighted by molar-refractivity contribution is 0.102. The summed E-state index contributed by atoms with van der Waals surface area (Å²) in [5.41, 5.74) is 2.16. The highest BCUT2D eigenvalue weighted by Gasteiger charge is 2.10. The predicted octanol–water partition coefficient (Wildman–Crippen LogP) is 2.38. The molecule has 106 valence electrons. The normalized spacial score (nSPS) is 9.62. The molecule has 0 aliphatic rings. The number of nitrogens with zero attached hydrogens (tertiary/aromatic N) is 1. The molecule has 0 atom stereocenters. The number of carbonyl (C=O) groups excluding carboxylic acids is 1. The summed E-state index contributed by atoms with van der Waals surface area (Å²) in [4.78, 5) is 16.4. The zero-order valence-corrected chi connectivity index (χ0v) is 11.8. The van der Waals surface area contributed by atoms with E-state index in [4.69, 9.17) is 5.11 Å². The maximum absolute atomic E-state index is 12.3. The Balaban J connectivity index is 2.19. The second-order valence-corrected chi connectivity index (χ2v) is 4.50. The topological polar surface area (TPSA) is 62.2 Å². The summed E-state index contributed by atoms with van der Waals surface area (Å²) in [6.45, 7) is 1.94. The van der Waals surface area contributed by atoms with Crippen molar-refractivity contribution in [2.45, 2.75) is 13.3 Å². The monoisotopic (exact) mass is 280 g/mol. The second kappa shape index (κ2) is 7.22. The van der Waals surface area contributed by atoms with Crippen LogP contribution in [0.1, 0.15) is 27.9 Å². The van der Waals surface area contributed by atoms with E-state index in [0.29, 0.717) is 23.4 Å². The number of aliphatic hydroxyl groups is 1. The van der Waals surface area contributed by atoms with E-state index in [0.717, 1.165) is 5.56 Å². The van der Waals surface area contributed by atoms with E-state index >= 15 is 0 Å². The van der Waals surface area contributed by atoms with Crippen LogP contribution < -0.4 is 5.32 Å². The number of rotatable bonds is 3. The molecule has 0 spiro atoms. The van der Waals surface area contributed by atoms with E-state index in [1.165, 1.54) is 0 Å². The van der Waals surface area contributed by atoms with Crippen molar-refractivity contribution < 1.29 is 9.90 Å². The number of hydrogen-bond acceptors (Lipinski definition) is 3. The predicted molar refractivity (Wildman–Crippen MR) is 82.0 cm³/mol. The lowest BCUT2D eigenvalue weighted by Crippen LogP contribution is -2.14. The van der Waals surface area contributed by atoms with Crippen LogP contribution in [0.3, 0.4) is 0 Å². The average Bonchev–Trinajstić information content (AvgIpc) is 2.50. The summed E-state index contributed by atoms with van der Waals surface area (Å²) in [5, 5.41) is 11.5. The Kier molecular flexibility index (Phi) is 5.08. The van der Waals surface area contributed by atoms with Gasteiger partial charge in [-0.25, -0.2) is 4.98 Å². The Labute approximate surface area is 123 Å². The molecular weight excluding hydrogens is 264 g/mol. The molecule has 1 heterocycles. The Morgan fingerprint density at radius 2 is 2.10 bits per heavy atom. The Hall–Kier alpha value is -2.64. The molecule has 0 saturated heterocycles. The number of aryl methyl sites for hydroxylation is 1. The minimum absolute atomic E-state index is 0.00858. The van der Waals surface area contributed by atoms with Gasteiger partial charge in [0.05, 0.1) is 12.2 Å². The highest BCUT2D eigenvalue weighted by Crippen LogP contribution is 2.11. The van der Waals surface area contributed by atoms with Gasteiger partial charge >= 0.3 is 0 Å². The third-order valence-electron chi connectivity index (χ3n) is 2.78. The molecule has 2 aromatic rings. The summed E-state index contributed by atoms with van der Waals surface area (Å²) >= 11 is 0. The molecule has 1 aromatic heterocycles. The number of nitrogens with one attached hydrogen (secondary N) is 1. The van der Waals surface area contributed by atoms with Crippen LogP contribution in [0.4, 0.5) is 5.82 Å². The summed E-state index contributed by atoms with van der Waals surface area (Å²) in [5.74, 6) is 5.97. The van der Waals surface area contributed by atoms with Crippen molar-refractivity contribution in [1.29, 1.82) is 0 Å². The lowest BCUT2D eigenvalue weighted by atomic mass is 10.1. The fraction of sp³-hybridized carbons (Fsp3) is 0.176. The molecule has 21 heavy (non-hydrogen) atoms. The van der Waals surface area contributed by atoms with Crippen LogP contribution in [0.2, 0.25) is 0 Å².